The normalized spacial score (nSPS) is 15.7. The van der Waals surface area contributed by atoms with E-state index in [9.17, 15) is 50.7 Å². The Bertz CT molecular complexity index is 2510. The number of aromatic nitrogens is 4. The van der Waals surface area contributed by atoms with E-state index in [1.54, 1.807) is 0 Å². The largest absolute Gasteiger partial charge is 0.419 e. The van der Waals surface area contributed by atoms with Crippen LogP contribution >= 0.6 is 0 Å². The molecule has 0 aliphatic carbocycles. The summed E-state index contributed by atoms with van der Waals surface area (Å²) in [5, 5.41) is 24.3. The average Bonchev–Trinajstić information content (AvgIpc) is 3.75. The number of piperidine rings is 1. The highest BCUT2D eigenvalue weighted by atomic mass is 32.2. The van der Waals surface area contributed by atoms with Crippen molar-refractivity contribution >= 4 is 56.9 Å². The number of halogens is 4. The van der Waals surface area contributed by atoms with Gasteiger partial charge in [-0.1, -0.05) is 12.8 Å². The lowest BCUT2D eigenvalue weighted by molar-refractivity contribution is -0.138. The van der Waals surface area contributed by atoms with Crippen LogP contribution in [0.5, 0.6) is 0 Å². The van der Waals surface area contributed by atoms with Gasteiger partial charge in [-0.25, -0.2) is 27.5 Å². The zero-order valence-electron chi connectivity index (χ0n) is 33.3. The molecule has 0 saturated carbocycles. The third-order valence-electron chi connectivity index (χ3n) is 9.66. The highest BCUT2D eigenvalue weighted by Crippen LogP contribution is 2.37. The number of aliphatic hydroxyl groups is 1. The van der Waals surface area contributed by atoms with Gasteiger partial charge in [0.05, 0.1) is 52.3 Å². The number of sulfonamides is 1. The quantitative estimate of drug-likeness (QED) is 0.0477. The molecule has 2 aliphatic rings. The summed E-state index contributed by atoms with van der Waals surface area (Å²) in [4.78, 5) is 70.2. The molecule has 5 amide bonds. The van der Waals surface area contributed by atoms with E-state index in [2.05, 4.69) is 41.1 Å². The van der Waals surface area contributed by atoms with Crippen LogP contribution in [0.25, 0.3) is 11.3 Å². The SMILES string of the molecule is CC(C)(O)Cn1cc(-c2nc(Nc3ccc(S(=O)(=O)NCCCCCCNC(=O)CNc4ccc5c(c4)C(=O)N(C4CCC(=O)NC4=O)C5=O)cc3F)ncc2C(F)(F)F)cn1. The molecule has 330 valence electrons. The Balaban J connectivity index is 0.913. The predicted molar refractivity (Wildman–Crippen MR) is 213 cm³/mol. The molecule has 18 nitrogen and oxygen atoms in total. The first-order valence-electron chi connectivity index (χ1n) is 19.3. The van der Waals surface area contributed by atoms with Crippen LogP contribution in [0.4, 0.5) is 34.9 Å². The average molecular weight is 887 g/mol. The first kappa shape index (κ1) is 45.2. The third-order valence-corrected chi connectivity index (χ3v) is 11.1. The molecule has 6 rings (SSSR count). The van der Waals surface area contributed by atoms with Crippen LogP contribution in [0.1, 0.15) is 78.7 Å². The van der Waals surface area contributed by atoms with Crippen molar-refractivity contribution in [3.05, 3.63) is 77.5 Å². The Morgan fingerprint density at radius 2 is 1.69 bits per heavy atom. The van der Waals surface area contributed by atoms with E-state index in [0.717, 1.165) is 29.3 Å². The maximum Gasteiger partial charge on any atom is 0.419 e. The van der Waals surface area contributed by atoms with E-state index in [1.807, 2.05) is 0 Å². The molecule has 1 fully saturated rings. The molecule has 62 heavy (non-hydrogen) atoms. The van der Waals surface area contributed by atoms with E-state index in [0.29, 0.717) is 44.1 Å². The molecule has 1 unspecified atom stereocenters. The topological polar surface area (TPSA) is 247 Å². The first-order chi connectivity index (χ1) is 29.2. The zero-order chi connectivity index (χ0) is 45.0. The number of hydrogen-bond donors (Lipinski definition) is 6. The number of carbonyl (C=O) groups is 5. The molecule has 23 heteroatoms. The van der Waals surface area contributed by atoms with Gasteiger partial charge < -0.3 is 21.1 Å². The number of alkyl halides is 3. The van der Waals surface area contributed by atoms with Crippen LogP contribution in [0.15, 0.2) is 59.9 Å². The van der Waals surface area contributed by atoms with Gasteiger partial charge in [-0.3, -0.25) is 38.9 Å². The number of hydrogen-bond acceptors (Lipinski definition) is 13. The number of carbonyl (C=O) groups excluding carboxylic acids is 5. The molecular weight excluding hydrogens is 845 g/mol. The summed E-state index contributed by atoms with van der Waals surface area (Å²) in [5.74, 6) is -4.28. The van der Waals surface area contributed by atoms with Crippen molar-refractivity contribution in [2.75, 3.05) is 30.3 Å². The molecule has 1 saturated heterocycles. The van der Waals surface area contributed by atoms with Crippen LogP contribution < -0.4 is 26.0 Å². The molecule has 0 radical (unpaired) electrons. The smallest absolute Gasteiger partial charge is 0.389 e. The van der Waals surface area contributed by atoms with Crippen LogP contribution in [0, 0.1) is 5.82 Å². The molecule has 0 spiro atoms. The Kier molecular flexibility index (Phi) is 13.4. The van der Waals surface area contributed by atoms with E-state index < -0.39 is 74.5 Å². The highest BCUT2D eigenvalue weighted by molar-refractivity contribution is 7.89. The van der Waals surface area contributed by atoms with Crippen molar-refractivity contribution in [1.82, 2.24) is 40.0 Å². The van der Waals surface area contributed by atoms with Gasteiger partial charge in [-0.05, 0) is 69.5 Å². The standard InChI is InChI=1S/C39H42F4N10O8S/c1-38(2,59)21-52-20-22(17-47-52)33-27(39(41,42)43)18-46-37(51-33)49-29-10-8-24(16-28(29)40)62(60,61)48-14-6-4-3-5-13-44-32(55)19-45-23-7-9-25-26(15-23)36(58)53(35(25)57)30-11-12-31(54)50-34(30)56/h7-10,15-18,20,30,45,48,59H,3-6,11-14,19,21H2,1-2H3,(H,44,55)(H,46,49,51)(H,50,54,56). The number of nitrogens with zero attached hydrogens (tertiary/aromatic N) is 5. The van der Waals surface area contributed by atoms with Crippen LogP contribution in [-0.4, -0.2) is 99.0 Å². The van der Waals surface area contributed by atoms with Gasteiger partial charge in [0.2, 0.25) is 33.7 Å². The fourth-order valence-corrected chi connectivity index (χ4v) is 7.76. The summed E-state index contributed by atoms with van der Waals surface area (Å²) in [6.45, 7) is 3.22. The van der Waals surface area contributed by atoms with Gasteiger partial charge in [0.25, 0.3) is 11.8 Å². The van der Waals surface area contributed by atoms with Crippen molar-refractivity contribution in [3.8, 4) is 11.3 Å². The maximum atomic E-state index is 15.1. The number of anilines is 3. The Labute approximate surface area is 351 Å². The second-order valence-electron chi connectivity index (χ2n) is 15.2. The number of fused-ring (bicyclic) bond motifs is 1. The third kappa shape index (κ3) is 10.9. The van der Waals surface area contributed by atoms with Crippen molar-refractivity contribution in [2.24, 2.45) is 0 Å². The van der Waals surface area contributed by atoms with Gasteiger partial charge in [0.15, 0.2) is 0 Å². The number of unbranched alkanes of at least 4 members (excludes halogenated alkanes) is 3. The summed E-state index contributed by atoms with van der Waals surface area (Å²) < 4.78 is 86.0. The van der Waals surface area contributed by atoms with Gasteiger partial charge in [-0.2, -0.15) is 18.3 Å². The first-order valence-corrected chi connectivity index (χ1v) is 20.8. The Hall–Kier alpha value is -6.33. The number of nitrogens with one attached hydrogen (secondary N) is 5. The Morgan fingerprint density at radius 3 is 2.39 bits per heavy atom. The fraction of sp³-hybridized carbons (Fsp3) is 0.385. The monoisotopic (exact) mass is 886 g/mol. The van der Waals surface area contributed by atoms with Crippen LogP contribution in [0.3, 0.4) is 0 Å². The molecule has 2 aromatic carbocycles. The summed E-state index contributed by atoms with van der Waals surface area (Å²) >= 11 is 0. The molecule has 2 aromatic heterocycles. The fourth-order valence-electron chi connectivity index (χ4n) is 6.67. The van der Waals surface area contributed by atoms with Gasteiger partial charge in [0, 0.05) is 43.2 Å². The van der Waals surface area contributed by atoms with E-state index >= 15 is 4.39 Å². The molecule has 2 aliphatic heterocycles. The number of amides is 5. The molecule has 6 N–H and O–H groups in total. The molecular formula is C39H42F4N10O8S. The second kappa shape index (κ2) is 18.3. The van der Waals surface area contributed by atoms with Crippen LogP contribution in [-0.2, 0) is 37.1 Å². The molecule has 4 heterocycles. The summed E-state index contributed by atoms with van der Waals surface area (Å²) in [6.07, 6.45) is 0.392. The maximum absolute atomic E-state index is 15.1. The van der Waals surface area contributed by atoms with Crippen molar-refractivity contribution in [2.45, 2.75) is 81.6 Å². The van der Waals surface area contributed by atoms with Gasteiger partial charge in [0.1, 0.15) is 17.4 Å². The van der Waals surface area contributed by atoms with Crippen LogP contribution in [0.2, 0.25) is 0 Å². The lowest BCUT2D eigenvalue weighted by atomic mass is 10.0. The number of benzene rings is 2. The van der Waals surface area contributed by atoms with E-state index in [1.165, 1.54) is 42.9 Å². The summed E-state index contributed by atoms with van der Waals surface area (Å²) in [6, 6.07) is 6.23. The molecule has 0 bridgehead atoms. The van der Waals surface area contributed by atoms with Crippen molar-refractivity contribution in [1.29, 1.82) is 0 Å². The minimum atomic E-state index is -4.84. The van der Waals surface area contributed by atoms with Crippen molar-refractivity contribution < 1.29 is 55.1 Å². The number of imide groups is 2. The van der Waals surface area contributed by atoms with Gasteiger partial charge >= 0.3 is 6.18 Å². The van der Waals surface area contributed by atoms with E-state index in [-0.39, 0.29) is 65.7 Å². The van der Waals surface area contributed by atoms with E-state index in [4.69, 9.17) is 0 Å². The lowest BCUT2D eigenvalue weighted by Gasteiger charge is -2.27. The number of rotatable bonds is 18. The summed E-state index contributed by atoms with van der Waals surface area (Å²) in [5.41, 5.74) is -2.67. The molecule has 1 atom stereocenters. The zero-order valence-corrected chi connectivity index (χ0v) is 34.1. The van der Waals surface area contributed by atoms with Gasteiger partial charge in [-0.15, -0.1) is 0 Å². The molecule has 4 aromatic rings. The highest BCUT2D eigenvalue weighted by Gasteiger charge is 2.44. The summed E-state index contributed by atoms with van der Waals surface area (Å²) in [7, 11) is -4.14. The minimum absolute atomic E-state index is 0.00135. The lowest BCUT2D eigenvalue weighted by Crippen LogP contribution is -2.54. The minimum Gasteiger partial charge on any atom is -0.389 e. The second-order valence-corrected chi connectivity index (χ2v) is 16.9. The van der Waals surface area contributed by atoms with Crippen molar-refractivity contribution in [3.63, 3.8) is 0 Å². The predicted octanol–water partition coefficient (Wildman–Crippen LogP) is 3.48. The Morgan fingerprint density at radius 1 is 0.968 bits per heavy atom.